The first-order chi connectivity index (χ1) is 13.0. The summed E-state index contributed by atoms with van der Waals surface area (Å²) in [5, 5.41) is 1.98. The van der Waals surface area contributed by atoms with E-state index in [0.29, 0.717) is 24.4 Å². The lowest BCUT2D eigenvalue weighted by Gasteiger charge is -2.31. The van der Waals surface area contributed by atoms with Gasteiger partial charge >= 0.3 is 0 Å². The standard InChI is InChI=1S/C22H25NO3S/c1-16(2)26-19-8-3-6-17(14-19)22(25)18-7-4-12-23(15-18)21(24)11-10-20-9-5-13-27-20/h3,5-6,8-11,13-14,16,18H,4,7,12,15H2,1-2H3/b11-10+/t18-/m0/s1. The van der Waals surface area contributed by atoms with Crippen molar-refractivity contribution in [3.05, 3.63) is 58.3 Å². The van der Waals surface area contributed by atoms with Gasteiger partial charge in [0.15, 0.2) is 5.78 Å². The summed E-state index contributed by atoms with van der Waals surface area (Å²) in [5.41, 5.74) is 0.654. The van der Waals surface area contributed by atoms with Crippen LogP contribution in [0.25, 0.3) is 6.08 Å². The average molecular weight is 384 g/mol. The number of hydrogen-bond acceptors (Lipinski definition) is 4. The maximum atomic E-state index is 12.9. The maximum Gasteiger partial charge on any atom is 0.246 e. The number of carbonyl (C=O) groups excluding carboxylic acids is 2. The molecule has 1 aliphatic heterocycles. The molecule has 27 heavy (non-hydrogen) atoms. The normalized spacial score (nSPS) is 17.4. The topological polar surface area (TPSA) is 46.6 Å². The summed E-state index contributed by atoms with van der Waals surface area (Å²) in [7, 11) is 0. The van der Waals surface area contributed by atoms with E-state index in [2.05, 4.69) is 0 Å². The van der Waals surface area contributed by atoms with E-state index in [1.54, 1.807) is 28.4 Å². The van der Waals surface area contributed by atoms with Gasteiger partial charge in [0.2, 0.25) is 5.91 Å². The van der Waals surface area contributed by atoms with Gasteiger partial charge in [-0.2, -0.15) is 0 Å². The maximum absolute atomic E-state index is 12.9. The summed E-state index contributed by atoms with van der Waals surface area (Å²) in [6, 6.07) is 11.3. The summed E-state index contributed by atoms with van der Waals surface area (Å²) in [6.45, 7) is 5.10. The molecule has 4 nitrogen and oxygen atoms in total. The number of likely N-dealkylation sites (tertiary alicyclic amines) is 1. The highest BCUT2D eigenvalue weighted by Crippen LogP contribution is 2.24. The van der Waals surface area contributed by atoms with Crippen molar-refractivity contribution in [2.24, 2.45) is 5.92 Å². The first-order valence-electron chi connectivity index (χ1n) is 9.34. The molecule has 1 amide bonds. The third kappa shape index (κ3) is 5.30. The third-order valence-corrected chi connectivity index (χ3v) is 5.37. The van der Waals surface area contributed by atoms with E-state index in [-0.39, 0.29) is 23.7 Å². The molecule has 1 aliphatic rings. The molecule has 1 fully saturated rings. The van der Waals surface area contributed by atoms with Crippen molar-refractivity contribution in [3.8, 4) is 5.75 Å². The number of carbonyl (C=O) groups is 2. The van der Waals surface area contributed by atoms with E-state index in [1.165, 1.54) is 0 Å². The highest BCUT2D eigenvalue weighted by Gasteiger charge is 2.28. The van der Waals surface area contributed by atoms with E-state index < -0.39 is 0 Å². The molecule has 2 aromatic rings. The van der Waals surface area contributed by atoms with Gasteiger partial charge in [0.05, 0.1) is 6.10 Å². The Morgan fingerprint density at radius 1 is 1.26 bits per heavy atom. The van der Waals surface area contributed by atoms with E-state index in [4.69, 9.17) is 4.74 Å². The predicted octanol–water partition coefficient (Wildman–Crippen LogP) is 4.67. The molecule has 5 heteroatoms. The number of benzene rings is 1. The fourth-order valence-corrected chi connectivity index (χ4v) is 3.88. The second-order valence-corrected chi connectivity index (χ2v) is 8.01. The van der Waals surface area contributed by atoms with Crippen LogP contribution in [-0.4, -0.2) is 35.8 Å². The summed E-state index contributed by atoms with van der Waals surface area (Å²) >= 11 is 1.60. The van der Waals surface area contributed by atoms with Crippen LogP contribution in [0.5, 0.6) is 5.75 Å². The molecular weight excluding hydrogens is 358 g/mol. The monoisotopic (exact) mass is 383 g/mol. The number of thiophene rings is 1. The zero-order valence-electron chi connectivity index (χ0n) is 15.8. The Labute approximate surface area is 164 Å². The molecule has 142 valence electrons. The molecule has 0 radical (unpaired) electrons. The second kappa shape index (κ2) is 9.00. The van der Waals surface area contributed by atoms with Gasteiger partial charge in [-0.05, 0) is 56.3 Å². The second-order valence-electron chi connectivity index (χ2n) is 7.03. The molecule has 1 saturated heterocycles. The van der Waals surface area contributed by atoms with E-state index in [1.807, 2.05) is 55.6 Å². The predicted molar refractivity (Wildman–Crippen MR) is 109 cm³/mol. The Balaban J connectivity index is 1.65. The zero-order chi connectivity index (χ0) is 19.2. The number of nitrogens with zero attached hydrogens (tertiary/aromatic N) is 1. The van der Waals surface area contributed by atoms with Crippen molar-refractivity contribution >= 4 is 29.1 Å². The number of Topliss-reactive ketones (excluding diaryl/α,β-unsaturated/α-hetero) is 1. The van der Waals surface area contributed by atoms with Crippen molar-refractivity contribution in [2.45, 2.75) is 32.8 Å². The lowest BCUT2D eigenvalue weighted by atomic mass is 9.90. The molecule has 0 spiro atoms. The molecule has 1 atom stereocenters. The Bertz CT molecular complexity index is 811. The van der Waals surface area contributed by atoms with Crippen LogP contribution < -0.4 is 4.74 Å². The van der Waals surface area contributed by atoms with Crippen molar-refractivity contribution < 1.29 is 14.3 Å². The van der Waals surface area contributed by atoms with E-state index in [0.717, 1.165) is 17.7 Å². The first-order valence-corrected chi connectivity index (χ1v) is 10.2. The highest BCUT2D eigenvalue weighted by molar-refractivity contribution is 7.10. The Hall–Kier alpha value is -2.40. The molecule has 0 bridgehead atoms. The van der Waals surface area contributed by atoms with Crippen molar-refractivity contribution in [3.63, 3.8) is 0 Å². The van der Waals surface area contributed by atoms with Crippen LogP contribution in [0, 0.1) is 5.92 Å². The third-order valence-electron chi connectivity index (χ3n) is 4.53. The number of ketones is 1. The summed E-state index contributed by atoms with van der Waals surface area (Å²) in [6.07, 6.45) is 5.17. The quantitative estimate of drug-likeness (QED) is 0.538. The van der Waals surface area contributed by atoms with Crippen molar-refractivity contribution in [1.82, 2.24) is 4.90 Å². The van der Waals surface area contributed by atoms with E-state index in [9.17, 15) is 9.59 Å². The Morgan fingerprint density at radius 3 is 2.85 bits per heavy atom. The van der Waals surface area contributed by atoms with Crippen LogP contribution in [0.2, 0.25) is 0 Å². The number of hydrogen-bond donors (Lipinski definition) is 0. The number of rotatable bonds is 6. The molecule has 3 rings (SSSR count). The molecule has 0 N–H and O–H groups in total. The first kappa shape index (κ1) is 19.4. The molecular formula is C22H25NO3S. The van der Waals surface area contributed by atoms with Crippen molar-refractivity contribution in [2.75, 3.05) is 13.1 Å². The molecule has 0 saturated carbocycles. The SMILES string of the molecule is CC(C)Oc1cccc(C(=O)[C@H]2CCCN(C(=O)/C=C/c3cccs3)C2)c1. The molecule has 0 unspecified atom stereocenters. The van der Waals surface area contributed by atoms with E-state index >= 15 is 0 Å². The summed E-state index contributed by atoms with van der Waals surface area (Å²) in [4.78, 5) is 28.3. The van der Waals surface area contributed by atoms with Crippen LogP contribution in [0.1, 0.15) is 41.9 Å². The molecule has 1 aromatic heterocycles. The van der Waals surface area contributed by atoms with Gasteiger partial charge in [-0.15, -0.1) is 11.3 Å². The zero-order valence-corrected chi connectivity index (χ0v) is 16.6. The van der Waals surface area contributed by atoms with Gasteiger partial charge in [0.25, 0.3) is 0 Å². The van der Waals surface area contributed by atoms with Crippen molar-refractivity contribution in [1.29, 1.82) is 0 Å². The fraction of sp³-hybridized carbons (Fsp3) is 0.364. The number of ether oxygens (including phenoxy) is 1. The van der Waals surface area contributed by atoms with Crippen LogP contribution in [0.3, 0.4) is 0 Å². The fourth-order valence-electron chi connectivity index (χ4n) is 3.27. The number of piperidine rings is 1. The molecule has 2 heterocycles. The minimum absolute atomic E-state index is 0.0298. The Kier molecular flexibility index (Phi) is 6.45. The largest absolute Gasteiger partial charge is 0.491 e. The molecule has 0 aliphatic carbocycles. The summed E-state index contributed by atoms with van der Waals surface area (Å²) < 4.78 is 5.69. The smallest absolute Gasteiger partial charge is 0.246 e. The number of amides is 1. The van der Waals surface area contributed by atoms with Crippen LogP contribution in [0.15, 0.2) is 47.9 Å². The average Bonchev–Trinajstić information content (AvgIpc) is 3.19. The van der Waals surface area contributed by atoms with Crippen LogP contribution in [0.4, 0.5) is 0 Å². The highest BCUT2D eigenvalue weighted by atomic mass is 32.1. The molecule has 1 aromatic carbocycles. The van der Waals surface area contributed by atoms with Gasteiger partial charge in [0.1, 0.15) is 5.75 Å². The summed E-state index contributed by atoms with van der Waals surface area (Å²) in [5.74, 6) is 0.604. The Morgan fingerprint density at radius 2 is 2.11 bits per heavy atom. The van der Waals surface area contributed by atoms with Gasteiger partial charge in [-0.3, -0.25) is 9.59 Å². The van der Waals surface area contributed by atoms with Gasteiger partial charge < -0.3 is 9.64 Å². The lowest BCUT2D eigenvalue weighted by molar-refractivity contribution is -0.127. The van der Waals surface area contributed by atoms with Gasteiger partial charge in [0, 0.05) is 35.5 Å². The minimum atomic E-state index is -0.160. The lowest BCUT2D eigenvalue weighted by Crippen LogP contribution is -2.41. The van der Waals surface area contributed by atoms with Crippen LogP contribution >= 0.6 is 11.3 Å². The van der Waals surface area contributed by atoms with Gasteiger partial charge in [-0.1, -0.05) is 18.2 Å². The van der Waals surface area contributed by atoms with Gasteiger partial charge in [-0.25, -0.2) is 0 Å². The van der Waals surface area contributed by atoms with Crippen LogP contribution in [-0.2, 0) is 4.79 Å². The minimum Gasteiger partial charge on any atom is -0.491 e.